The fourth-order valence-corrected chi connectivity index (χ4v) is 3.78. The Labute approximate surface area is 182 Å². The molecule has 4 rings (SSSR count). The number of unbranched alkanes of at least 4 members (excludes halogenated alkanes) is 1. The number of carbonyl (C=O) groups excluding carboxylic acids is 1. The van der Waals surface area contributed by atoms with Gasteiger partial charge in [-0.2, -0.15) is 0 Å². The summed E-state index contributed by atoms with van der Waals surface area (Å²) in [6, 6.07) is 19.4. The average Bonchev–Trinajstić information content (AvgIpc) is 2.83. The van der Waals surface area contributed by atoms with Crippen LogP contribution in [-0.2, 0) is 0 Å². The smallest absolute Gasteiger partial charge is 0.251 e. The first-order valence-corrected chi connectivity index (χ1v) is 10.5. The van der Waals surface area contributed by atoms with Crippen LogP contribution in [0.2, 0.25) is 0 Å². The molecule has 5 heteroatoms. The molecule has 0 aliphatic rings. The molecular formula is C26H25N3O2. The Kier molecular flexibility index (Phi) is 6.22. The molecule has 156 valence electrons. The van der Waals surface area contributed by atoms with E-state index in [4.69, 9.17) is 4.74 Å². The van der Waals surface area contributed by atoms with E-state index < -0.39 is 0 Å². The van der Waals surface area contributed by atoms with E-state index in [1.807, 2.05) is 60.7 Å². The van der Waals surface area contributed by atoms with E-state index in [0.29, 0.717) is 12.1 Å². The van der Waals surface area contributed by atoms with E-state index in [1.54, 1.807) is 19.5 Å². The molecule has 2 heterocycles. The predicted molar refractivity (Wildman–Crippen MR) is 124 cm³/mol. The molecule has 0 saturated heterocycles. The number of fused-ring (bicyclic) bond motifs is 1. The van der Waals surface area contributed by atoms with Gasteiger partial charge >= 0.3 is 0 Å². The summed E-state index contributed by atoms with van der Waals surface area (Å²) in [4.78, 5) is 22.2. The Hall–Kier alpha value is -3.73. The minimum atomic E-state index is -0.0863. The van der Waals surface area contributed by atoms with Gasteiger partial charge in [0.15, 0.2) is 0 Å². The van der Waals surface area contributed by atoms with Crippen LogP contribution in [0.5, 0.6) is 5.75 Å². The molecule has 0 unspecified atom stereocenters. The van der Waals surface area contributed by atoms with Crippen LogP contribution in [-0.4, -0.2) is 29.5 Å². The van der Waals surface area contributed by atoms with E-state index in [2.05, 4.69) is 22.2 Å². The van der Waals surface area contributed by atoms with Crippen LogP contribution in [0, 0.1) is 0 Å². The van der Waals surface area contributed by atoms with Gasteiger partial charge < -0.3 is 10.1 Å². The van der Waals surface area contributed by atoms with Crippen molar-refractivity contribution in [3.05, 3.63) is 78.6 Å². The molecule has 0 atom stereocenters. The van der Waals surface area contributed by atoms with Gasteiger partial charge in [0.2, 0.25) is 0 Å². The van der Waals surface area contributed by atoms with Crippen molar-refractivity contribution in [2.45, 2.75) is 19.8 Å². The second kappa shape index (κ2) is 9.39. The molecule has 1 N–H and O–H groups in total. The Morgan fingerprint density at radius 3 is 2.58 bits per heavy atom. The Balaban J connectivity index is 1.95. The molecule has 31 heavy (non-hydrogen) atoms. The minimum Gasteiger partial charge on any atom is -0.496 e. The summed E-state index contributed by atoms with van der Waals surface area (Å²) in [6.45, 7) is 2.76. The Bertz CT molecular complexity index is 1210. The summed E-state index contributed by atoms with van der Waals surface area (Å²) in [5, 5.41) is 4.78. The van der Waals surface area contributed by atoms with Crippen molar-refractivity contribution in [3.63, 3.8) is 0 Å². The lowest BCUT2D eigenvalue weighted by molar-refractivity contribution is 0.0955. The third-order valence-corrected chi connectivity index (χ3v) is 5.29. The second-order valence-electron chi connectivity index (χ2n) is 7.27. The number of rotatable bonds is 7. The van der Waals surface area contributed by atoms with Gasteiger partial charge in [-0.25, -0.2) is 0 Å². The largest absolute Gasteiger partial charge is 0.496 e. The molecule has 0 bridgehead atoms. The lowest BCUT2D eigenvalue weighted by atomic mass is 9.92. The number of methoxy groups -OCH3 is 1. The van der Waals surface area contributed by atoms with E-state index in [9.17, 15) is 4.79 Å². The molecule has 0 fully saturated rings. The van der Waals surface area contributed by atoms with Crippen LogP contribution in [0.25, 0.3) is 33.3 Å². The third-order valence-electron chi connectivity index (χ3n) is 5.29. The third kappa shape index (κ3) is 4.12. The number of pyridine rings is 2. The zero-order valence-corrected chi connectivity index (χ0v) is 17.8. The summed E-state index contributed by atoms with van der Waals surface area (Å²) < 4.78 is 5.61. The quantitative estimate of drug-likeness (QED) is 0.408. The standard InChI is InChI=1S/C26H25N3O2/c1-3-4-15-29-26(30)21-10-7-9-20-23(31-2)14-13-18(24(20)21)19-11-8-17-28-25(19)22-12-5-6-16-27-22/h5-14,16-17H,3-4,15H2,1-2H3,(H,29,30). The number of amides is 1. The highest BCUT2D eigenvalue weighted by atomic mass is 16.5. The first-order valence-electron chi connectivity index (χ1n) is 10.5. The zero-order chi connectivity index (χ0) is 21.6. The first-order chi connectivity index (χ1) is 15.2. The van der Waals surface area contributed by atoms with Crippen molar-refractivity contribution < 1.29 is 9.53 Å². The predicted octanol–water partition coefficient (Wildman–Crippen LogP) is 5.50. The van der Waals surface area contributed by atoms with E-state index in [-0.39, 0.29) is 5.91 Å². The van der Waals surface area contributed by atoms with Gasteiger partial charge in [-0.15, -0.1) is 0 Å². The second-order valence-corrected chi connectivity index (χ2v) is 7.27. The lowest BCUT2D eigenvalue weighted by Crippen LogP contribution is -2.24. The number of ether oxygens (including phenoxy) is 1. The molecule has 0 aliphatic heterocycles. The van der Waals surface area contributed by atoms with Crippen LogP contribution in [0.1, 0.15) is 30.1 Å². The van der Waals surface area contributed by atoms with Crippen LogP contribution in [0.15, 0.2) is 73.1 Å². The summed E-state index contributed by atoms with van der Waals surface area (Å²) in [5.41, 5.74) is 4.02. The number of benzene rings is 2. The number of nitrogens with zero attached hydrogens (tertiary/aromatic N) is 2. The number of aromatic nitrogens is 2. The zero-order valence-electron chi connectivity index (χ0n) is 17.8. The molecule has 5 nitrogen and oxygen atoms in total. The maximum atomic E-state index is 13.1. The highest BCUT2D eigenvalue weighted by molar-refractivity contribution is 6.14. The maximum absolute atomic E-state index is 13.1. The minimum absolute atomic E-state index is 0.0863. The Morgan fingerprint density at radius 2 is 1.81 bits per heavy atom. The number of hydrogen-bond donors (Lipinski definition) is 1. The van der Waals surface area contributed by atoms with Crippen molar-refractivity contribution in [1.29, 1.82) is 0 Å². The van der Waals surface area contributed by atoms with Crippen molar-refractivity contribution in [1.82, 2.24) is 15.3 Å². The molecule has 0 saturated carbocycles. The number of hydrogen-bond acceptors (Lipinski definition) is 4. The van der Waals surface area contributed by atoms with Crippen LogP contribution < -0.4 is 10.1 Å². The topological polar surface area (TPSA) is 64.1 Å². The highest BCUT2D eigenvalue weighted by Gasteiger charge is 2.19. The fourth-order valence-electron chi connectivity index (χ4n) is 3.78. The van der Waals surface area contributed by atoms with Gasteiger partial charge in [-0.3, -0.25) is 14.8 Å². The first kappa shape index (κ1) is 20.5. The van der Waals surface area contributed by atoms with Crippen LogP contribution >= 0.6 is 0 Å². The monoisotopic (exact) mass is 411 g/mol. The van der Waals surface area contributed by atoms with Crippen LogP contribution in [0.4, 0.5) is 0 Å². The number of carbonyl (C=O) groups is 1. The lowest BCUT2D eigenvalue weighted by Gasteiger charge is -2.16. The maximum Gasteiger partial charge on any atom is 0.251 e. The molecule has 2 aromatic carbocycles. The van der Waals surface area contributed by atoms with Crippen molar-refractivity contribution in [2.75, 3.05) is 13.7 Å². The normalized spacial score (nSPS) is 10.8. The summed E-state index contributed by atoms with van der Waals surface area (Å²) in [5.74, 6) is 0.641. The van der Waals surface area contributed by atoms with E-state index in [1.165, 1.54) is 0 Å². The van der Waals surface area contributed by atoms with E-state index >= 15 is 0 Å². The summed E-state index contributed by atoms with van der Waals surface area (Å²) in [7, 11) is 1.64. The van der Waals surface area contributed by atoms with Gasteiger partial charge in [-0.05, 0) is 48.4 Å². The number of nitrogens with one attached hydrogen (secondary N) is 1. The van der Waals surface area contributed by atoms with E-state index in [0.717, 1.165) is 51.9 Å². The molecule has 1 amide bonds. The van der Waals surface area contributed by atoms with Gasteiger partial charge in [0.25, 0.3) is 5.91 Å². The summed E-state index contributed by atoms with van der Waals surface area (Å²) >= 11 is 0. The highest BCUT2D eigenvalue weighted by Crippen LogP contribution is 2.39. The van der Waals surface area contributed by atoms with Gasteiger partial charge in [0.05, 0.1) is 18.5 Å². The summed E-state index contributed by atoms with van der Waals surface area (Å²) in [6.07, 6.45) is 5.49. The van der Waals surface area contributed by atoms with Gasteiger partial charge in [0, 0.05) is 40.8 Å². The molecular weight excluding hydrogens is 386 g/mol. The fraction of sp³-hybridized carbons (Fsp3) is 0.192. The van der Waals surface area contributed by atoms with Crippen molar-refractivity contribution in [2.24, 2.45) is 0 Å². The van der Waals surface area contributed by atoms with Crippen LogP contribution in [0.3, 0.4) is 0 Å². The Morgan fingerprint density at radius 1 is 0.935 bits per heavy atom. The SMILES string of the molecule is CCCCNC(=O)c1cccc2c(OC)ccc(-c3cccnc3-c3ccccn3)c12. The van der Waals surface area contributed by atoms with Crippen molar-refractivity contribution in [3.8, 4) is 28.3 Å². The molecule has 4 aromatic rings. The molecule has 0 radical (unpaired) electrons. The molecule has 2 aromatic heterocycles. The van der Waals surface area contributed by atoms with Gasteiger partial charge in [-0.1, -0.05) is 37.6 Å². The van der Waals surface area contributed by atoms with Crippen molar-refractivity contribution >= 4 is 16.7 Å². The average molecular weight is 412 g/mol. The molecule has 0 aliphatic carbocycles. The van der Waals surface area contributed by atoms with Gasteiger partial charge in [0.1, 0.15) is 5.75 Å². The molecule has 0 spiro atoms.